The molecule has 1 atom stereocenters. The van der Waals surface area contributed by atoms with Crippen LogP contribution in [0.25, 0.3) is 0 Å². The van der Waals surface area contributed by atoms with E-state index in [9.17, 15) is 4.79 Å². The minimum absolute atomic E-state index is 0.158. The summed E-state index contributed by atoms with van der Waals surface area (Å²) in [5.74, 6) is 1.89. The molecule has 1 N–H and O–H groups in total. The second-order valence-corrected chi connectivity index (χ2v) is 7.01. The maximum Gasteiger partial charge on any atom is 0.274 e. The molecule has 0 bridgehead atoms. The first-order valence-corrected chi connectivity index (χ1v) is 9.56. The summed E-state index contributed by atoms with van der Waals surface area (Å²) in [4.78, 5) is 12.7. The Kier molecular flexibility index (Phi) is 4.72. The van der Waals surface area contributed by atoms with Crippen molar-refractivity contribution in [1.29, 1.82) is 0 Å². The molecule has 9 heteroatoms. The molecular weight excluding hydrogens is 388 g/mol. The predicted octanol–water partition coefficient (Wildman–Crippen LogP) is 2.22. The van der Waals surface area contributed by atoms with E-state index in [4.69, 9.17) is 18.9 Å². The summed E-state index contributed by atoms with van der Waals surface area (Å²) in [7, 11) is 1.63. The number of rotatable bonds is 5. The van der Waals surface area contributed by atoms with Crippen LogP contribution in [0.4, 0.5) is 0 Å². The fourth-order valence-electron chi connectivity index (χ4n) is 3.53. The lowest BCUT2D eigenvalue weighted by atomic mass is 10.1. The van der Waals surface area contributed by atoms with Gasteiger partial charge < -0.3 is 24.3 Å². The number of methoxy groups -OCH3 is 1. The highest BCUT2D eigenvalue weighted by Gasteiger charge is 2.27. The van der Waals surface area contributed by atoms with Gasteiger partial charge in [0.05, 0.1) is 26.0 Å². The van der Waals surface area contributed by atoms with Crippen LogP contribution < -0.4 is 19.5 Å². The van der Waals surface area contributed by atoms with Crippen molar-refractivity contribution in [2.45, 2.75) is 25.8 Å². The number of nitrogens with one attached hydrogen (secondary N) is 1. The fourth-order valence-corrected chi connectivity index (χ4v) is 3.53. The van der Waals surface area contributed by atoms with Crippen molar-refractivity contribution in [1.82, 2.24) is 20.3 Å². The average Bonchev–Trinajstić information content (AvgIpc) is 3.43. The number of aromatic nitrogens is 3. The molecule has 0 aliphatic carbocycles. The van der Waals surface area contributed by atoms with Crippen molar-refractivity contribution in [2.24, 2.45) is 0 Å². The van der Waals surface area contributed by atoms with Crippen molar-refractivity contribution < 1.29 is 23.7 Å². The maximum atomic E-state index is 12.7. The fraction of sp³-hybridized carbons (Fsp3) is 0.286. The topological polar surface area (TPSA) is 96.7 Å². The number of hydrogen-bond acceptors (Lipinski definition) is 7. The smallest absolute Gasteiger partial charge is 0.274 e. The van der Waals surface area contributed by atoms with Crippen molar-refractivity contribution in [3.63, 3.8) is 0 Å². The molecule has 154 valence electrons. The highest BCUT2D eigenvalue weighted by atomic mass is 16.7. The van der Waals surface area contributed by atoms with Gasteiger partial charge in [-0.3, -0.25) is 4.79 Å². The minimum Gasteiger partial charge on any atom is -0.497 e. The van der Waals surface area contributed by atoms with E-state index in [0.717, 1.165) is 16.9 Å². The van der Waals surface area contributed by atoms with Crippen LogP contribution in [0.2, 0.25) is 0 Å². The summed E-state index contributed by atoms with van der Waals surface area (Å²) in [6, 6.07) is 13.3. The number of ether oxygens (including phenoxy) is 4. The minimum atomic E-state index is -0.291. The quantitative estimate of drug-likeness (QED) is 0.691. The Morgan fingerprint density at radius 2 is 2.03 bits per heavy atom. The molecule has 5 rings (SSSR count). The largest absolute Gasteiger partial charge is 0.497 e. The van der Waals surface area contributed by atoms with Gasteiger partial charge in [-0.05, 0) is 35.4 Å². The van der Waals surface area contributed by atoms with E-state index >= 15 is 0 Å². The number of carbonyl (C=O) groups excluding carboxylic acids is 1. The molecule has 0 saturated heterocycles. The first-order chi connectivity index (χ1) is 14.7. The van der Waals surface area contributed by atoms with Gasteiger partial charge in [0.15, 0.2) is 17.2 Å². The van der Waals surface area contributed by atoms with Crippen LogP contribution in [0.3, 0.4) is 0 Å². The van der Waals surface area contributed by atoms with Crippen LogP contribution in [-0.2, 0) is 24.4 Å². The standard InChI is InChI=1S/C21H20N4O5/c1-27-15-5-3-14(4-6-15)19-10-25-16(11-28-19)20(23-24-25)21(26)22-9-13-2-7-17-18(8-13)30-12-29-17/h2-8,19H,9-12H2,1H3,(H,22,26)/t19-/m0/s1. The molecule has 2 aliphatic rings. The third-order valence-electron chi connectivity index (χ3n) is 5.19. The van der Waals surface area contributed by atoms with Gasteiger partial charge in [-0.1, -0.05) is 23.4 Å². The SMILES string of the molecule is COc1ccc([C@@H]2Cn3nnc(C(=O)NCc4ccc5c(c4)OCO5)c3CO2)cc1. The Balaban J connectivity index is 1.25. The second kappa shape index (κ2) is 7.68. The van der Waals surface area contributed by atoms with Crippen LogP contribution in [0, 0.1) is 0 Å². The van der Waals surface area contributed by atoms with Crippen molar-refractivity contribution in [3.8, 4) is 17.2 Å². The van der Waals surface area contributed by atoms with E-state index in [2.05, 4.69) is 15.6 Å². The van der Waals surface area contributed by atoms with E-state index < -0.39 is 0 Å². The first-order valence-electron chi connectivity index (χ1n) is 9.56. The molecule has 0 saturated carbocycles. The summed E-state index contributed by atoms with van der Waals surface area (Å²) >= 11 is 0. The third-order valence-corrected chi connectivity index (χ3v) is 5.19. The van der Waals surface area contributed by atoms with Gasteiger partial charge in [-0.15, -0.1) is 5.10 Å². The lowest BCUT2D eigenvalue weighted by molar-refractivity contribution is -0.00179. The number of carbonyl (C=O) groups is 1. The molecule has 0 radical (unpaired) electrons. The number of nitrogens with zero attached hydrogens (tertiary/aromatic N) is 3. The Hall–Kier alpha value is -3.59. The Morgan fingerprint density at radius 1 is 1.20 bits per heavy atom. The summed E-state index contributed by atoms with van der Waals surface area (Å²) < 4.78 is 23.6. The Bertz CT molecular complexity index is 1080. The van der Waals surface area contributed by atoms with E-state index in [0.29, 0.717) is 30.3 Å². The summed E-state index contributed by atoms with van der Waals surface area (Å²) in [6.45, 7) is 1.31. The van der Waals surface area contributed by atoms with E-state index in [1.54, 1.807) is 11.8 Å². The predicted molar refractivity (Wildman–Crippen MR) is 104 cm³/mol. The second-order valence-electron chi connectivity index (χ2n) is 7.01. The highest BCUT2D eigenvalue weighted by Crippen LogP contribution is 2.32. The van der Waals surface area contributed by atoms with Crippen LogP contribution in [-0.4, -0.2) is 34.8 Å². The third kappa shape index (κ3) is 3.43. The lowest BCUT2D eigenvalue weighted by Crippen LogP contribution is -2.27. The van der Waals surface area contributed by atoms with Crippen molar-refractivity contribution >= 4 is 5.91 Å². The van der Waals surface area contributed by atoms with E-state index in [1.165, 1.54) is 0 Å². The molecule has 2 aliphatic heterocycles. The van der Waals surface area contributed by atoms with Crippen LogP contribution >= 0.6 is 0 Å². The van der Waals surface area contributed by atoms with Gasteiger partial charge in [0.1, 0.15) is 11.9 Å². The van der Waals surface area contributed by atoms with Gasteiger partial charge >= 0.3 is 0 Å². The number of fused-ring (bicyclic) bond motifs is 2. The maximum absolute atomic E-state index is 12.7. The number of benzene rings is 2. The summed E-state index contributed by atoms with van der Waals surface area (Å²) in [6.07, 6.45) is -0.158. The first kappa shape index (κ1) is 18.4. The number of hydrogen-bond donors (Lipinski definition) is 1. The zero-order valence-electron chi connectivity index (χ0n) is 16.3. The highest BCUT2D eigenvalue weighted by molar-refractivity contribution is 5.93. The lowest BCUT2D eigenvalue weighted by Gasteiger charge is -2.24. The molecule has 9 nitrogen and oxygen atoms in total. The molecule has 1 amide bonds. The normalized spacial score (nSPS) is 16.8. The molecule has 30 heavy (non-hydrogen) atoms. The molecule has 0 fully saturated rings. The molecule has 3 aromatic rings. The summed E-state index contributed by atoms with van der Waals surface area (Å²) in [5.41, 5.74) is 2.88. The molecule has 0 spiro atoms. The Labute approximate surface area is 172 Å². The van der Waals surface area contributed by atoms with Crippen molar-refractivity contribution in [2.75, 3.05) is 13.9 Å². The van der Waals surface area contributed by atoms with Gasteiger partial charge in [-0.25, -0.2) is 4.68 Å². The molecule has 3 heterocycles. The van der Waals surface area contributed by atoms with E-state index in [-0.39, 0.29) is 31.1 Å². The average molecular weight is 408 g/mol. The van der Waals surface area contributed by atoms with Gasteiger partial charge in [0.25, 0.3) is 5.91 Å². The van der Waals surface area contributed by atoms with Crippen molar-refractivity contribution in [3.05, 3.63) is 65.0 Å². The monoisotopic (exact) mass is 408 g/mol. The van der Waals surface area contributed by atoms with E-state index in [1.807, 2.05) is 42.5 Å². The van der Waals surface area contributed by atoms with Crippen LogP contribution in [0.1, 0.15) is 33.4 Å². The van der Waals surface area contributed by atoms with Gasteiger partial charge in [-0.2, -0.15) is 0 Å². The van der Waals surface area contributed by atoms with Crippen LogP contribution in [0.5, 0.6) is 17.2 Å². The number of amides is 1. The molecular formula is C21H20N4O5. The molecule has 2 aromatic carbocycles. The molecule has 0 unspecified atom stereocenters. The summed E-state index contributed by atoms with van der Waals surface area (Å²) in [5, 5.41) is 11.1. The van der Waals surface area contributed by atoms with Crippen LogP contribution in [0.15, 0.2) is 42.5 Å². The zero-order valence-corrected chi connectivity index (χ0v) is 16.3. The Morgan fingerprint density at radius 3 is 2.87 bits per heavy atom. The van der Waals surface area contributed by atoms with Gasteiger partial charge in [0.2, 0.25) is 6.79 Å². The zero-order chi connectivity index (χ0) is 20.5. The van der Waals surface area contributed by atoms with Gasteiger partial charge in [0, 0.05) is 6.54 Å². The molecule has 1 aromatic heterocycles.